The molecule has 0 atom stereocenters. The maximum Gasteiger partial charge on any atom is 0.258 e. The third kappa shape index (κ3) is 4.22. The molecule has 1 aliphatic heterocycles. The summed E-state index contributed by atoms with van der Waals surface area (Å²) in [6.45, 7) is 2.44. The number of rotatable bonds is 4. The van der Waals surface area contributed by atoms with Gasteiger partial charge < -0.3 is 9.84 Å². The minimum absolute atomic E-state index is 0.0302. The van der Waals surface area contributed by atoms with Crippen LogP contribution in [0.5, 0.6) is 5.88 Å². The summed E-state index contributed by atoms with van der Waals surface area (Å²) >= 11 is 6.65. The van der Waals surface area contributed by atoms with Gasteiger partial charge in [0.05, 0.1) is 17.1 Å². The summed E-state index contributed by atoms with van der Waals surface area (Å²) in [5, 5.41) is 20.0. The normalized spacial score (nSPS) is 15.8. The highest BCUT2D eigenvalue weighted by molar-refractivity contribution is 7.73. The molecular formula is C22H16N4O2S2. The molecule has 3 aromatic rings. The molecule has 6 nitrogen and oxygen atoms in total. The van der Waals surface area contributed by atoms with Crippen molar-refractivity contribution in [2.24, 2.45) is 9.98 Å². The number of benzene rings is 2. The fraction of sp³-hybridized carbons (Fsp3) is 0.0909. The minimum Gasteiger partial charge on any atom is -0.493 e. The third-order valence-corrected chi connectivity index (χ3v) is 5.71. The van der Waals surface area contributed by atoms with Crippen molar-refractivity contribution in [3.05, 3.63) is 80.4 Å². The largest absolute Gasteiger partial charge is 0.493 e. The van der Waals surface area contributed by atoms with E-state index in [0.29, 0.717) is 21.1 Å². The van der Waals surface area contributed by atoms with E-state index in [9.17, 15) is 10.4 Å². The van der Waals surface area contributed by atoms with Crippen molar-refractivity contribution in [2.45, 2.75) is 13.5 Å². The van der Waals surface area contributed by atoms with E-state index < -0.39 is 0 Å². The average molecular weight is 433 g/mol. The van der Waals surface area contributed by atoms with Gasteiger partial charge in [-0.3, -0.25) is 4.57 Å². The van der Waals surface area contributed by atoms with Gasteiger partial charge >= 0.3 is 0 Å². The quantitative estimate of drug-likeness (QED) is 0.562. The van der Waals surface area contributed by atoms with Gasteiger partial charge in [0.2, 0.25) is 17.5 Å². The fourth-order valence-electron chi connectivity index (χ4n) is 2.80. The first-order valence-corrected chi connectivity index (χ1v) is 10.3. The monoisotopic (exact) mass is 432 g/mol. The van der Waals surface area contributed by atoms with Gasteiger partial charge in [0.25, 0.3) is 5.90 Å². The van der Waals surface area contributed by atoms with Gasteiger partial charge in [0.1, 0.15) is 6.07 Å². The van der Waals surface area contributed by atoms with E-state index in [1.165, 1.54) is 11.3 Å². The van der Waals surface area contributed by atoms with Crippen LogP contribution in [0, 0.1) is 22.2 Å². The lowest BCUT2D eigenvalue weighted by atomic mass is 10.2. The van der Waals surface area contributed by atoms with Crippen molar-refractivity contribution in [2.75, 3.05) is 0 Å². The van der Waals surface area contributed by atoms with Gasteiger partial charge in [-0.05, 0) is 36.8 Å². The van der Waals surface area contributed by atoms with Crippen molar-refractivity contribution in [1.29, 1.82) is 5.26 Å². The number of aromatic hydroxyl groups is 1. The van der Waals surface area contributed by atoms with Gasteiger partial charge in [-0.2, -0.15) is 10.3 Å². The lowest BCUT2D eigenvalue weighted by Crippen LogP contribution is -2.07. The van der Waals surface area contributed by atoms with E-state index in [4.69, 9.17) is 17.0 Å². The predicted molar refractivity (Wildman–Crippen MR) is 121 cm³/mol. The molecule has 0 saturated carbocycles. The van der Waals surface area contributed by atoms with E-state index >= 15 is 0 Å². The Kier molecular flexibility index (Phi) is 5.57. The number of hydrogen-bond acceptors (Lipinski definition) is 7. The molecule has 0 aliphatic carbocycles. The summed E-state index contributed by atoms with van der Waals surface area (Å²) in [5.41, 5.74) is 2.87. The Morgan fingerprint density at radius 1 is 1.23 bits per heavy atom. The average Bonchev–Trinajstić information content (AvgIpc) is 3.25. The molecule has 0 unspecified atom stereocenters. The van der Waals surface area contributed by atoms with Crippen LogP contribution in [0.25, 0.3) is 6.08 Å². The summed E-state index contributed by atoms with van der Waals surface area (Å²) in [6, 6.07) is 19.3. The van der Waals surface area contributed by atoms with Crippen molar-refractivity contribution in [3.8, 4) is 11.9 Å². The van der Waals surface area contributed by atoms with Crippen LogP contribution in [0.4, 0.5) is 5.69 Å². The number of aliphatic imine (C=N–C) groups is 2. The second-order valence-electron chi connectivity index (χ2n) is 6.54. The molecule has 0 bridgehead atoms. The van der Waals surface area contributed by atoms with E-state index in [1.807, 2.05) is 67.6 Å². The standard InChI is InChI=1S/C22H16N4O2S2/c1-14-7-9-16(10-8-14)24-20-17(12-23)25-19(28-20)11-18-21(27)26(22(29)30-18)13-15-5-3-2-4-6-15/h2-11,27H,13H2,1H3. The summed E-state index contributed by atoms with van der Waals surface area (Å²) in [6.07, 6.45) is 1.56. The third-order valence-electron chi connectivity index (χ3n) is 4.33. The van der Waals surface area contributed by atoms with Crippen molar-refractivity contribution >= 4 is 46.9 Å². The molecule has 0 amide bonds. The Hall–Kier alpha value is -3.54. The molecule has 0 spiro atoms. The molecular weight excluding hydrogens is 416 g/mol. The lowest BCUT2D eigenvalue weighted by molar-refractivity contribution is 0.420. The van der Waals surface area contributed by atoms with E-state index in [2.05, 4.69) is 9.98 Å². The van der Waals surface area contributed by atoms with Crippen LogP contribution in [0.3, 0.4) is 0 Å². The van der Waals surface area contributed by atoms with E-state index in [0.717, 1.165) is 11.1 Å². The van der Waals surface area contributed by atoms with Crippen molar-refractivity contribution in [3.63, 3.8) is 0 Å². The van der Waals surface area contributed by atoms with Crippen LogP contribution < -0.4 is 0 Å². The molecule has 8 heteroatoms. The Morgan fingerprint density at radius 2 is 1.97 bits per heavy atom. The number of aryl methyl sites for hydroxylation is 1. The molecule has 2 aromatic carbocycles. The number of hydrogen-bond donors (Lipinski definition) is 1. The van der Waals surface area contributed by atoms with E-state index in [1.54, 1.807) is 10.6 Å². The zero-order valence-electron chi connectivity index (χ0n) is 15.9. The van der Waals surface area contributed by atoms with Crippen molar-refractivity contribution in [1.82, 2.24) is 4.57 Å². The second kappa shape index (κ2) is 8.45. The van der Waals surface area contributed by atoms with Gasteiger partial charge in [-0.15, -0.1) is 11.3 Å². The van der Waals surface area contributed by atoms with Gasteiger partial charge in [-0.25, -0.2) is 4.99 Å². The van der Waals surface area contributed by atoms with Gasteiger partial charge in [-0.1, -0.05) is 48.0 Å². The zero-order chi connectivity index (χ0) is 21.1. The predicted octanol–water partition coefficient (Wildman–Crippen LogP) is 5.36. The summed E-state index contributed by atoms with van der Waals surface area (Å²) in [7, 11) is 0. The Morgan fingerprint density at radius 3 is 2.67 bits per heavy atom. The maximum atomic E-state index is 10.6. The first-order valence-electron chi connectivity index (χ1n) is 9.04. The van der Waals surface area contributed by atoms with Crippen LogP contribution in [-0.2, 0) is 11.3 Å². The van der Waals surface area contributed by atoms with Crippen LogP contribution in [0.15, 0.2) is 70.5 Å². The van der Waals surface area contributed by atoms with Crippen LogP contribution in [-0.4, -0.2) is 21.3 Å². The molecule has 1 N–H and O–H groups in total. The van der Waals surface area contributed by atoms with E-state index in [-0.39, 0.29) is 23.4 Å². The smallest absolute Gasteiger partial charge is 0.258 e. The van der Waals surface area contributed by atoms with Crippen LogP contribution in [0.2, 0.25) is 0 Å². The Balaban J connectivity index is 1.62. The summed E-state index contributed by atoms with van der Waals surface area (Å²) in [5.74, 6) is 0.331. The van der Waals surface area contributed by atoms with Gasteiger partial charge in [0.15, 0.2) is 3.95 Å². The molecule has 1 aliphatic rings. The Labute approximate surface area is 182 Å². The molecule has 2 heterocycles. The SMILES string of the molecule is Cc1ccc(N=C2OC(=Cc3sc(=S)n(Cc4ccccc4)c3O)N=C2C#N)cc1. The number of ether oxygens (including phenoxy) is 1. The highest BCUT2D eigenvalue weighted by Crippen LogP contribution is 2.31. The molecule has 30 heavy (non-hydrogen) atoms. The highest BCUT2D eigenvalue weighted by Gasteiger charge is 2.23. The second-order valence-corrected chi connectivity index (χ2v) is 8.21. The topological polar surface area (TPSA) is 82.9 Å². The molecule has 1 aromatic heterocycles. The minimum atomic E-state index is 0.0302. The Bertz CT molecular complexity index is 1280. The van der Waals surface area contributed by atoms with Crippen molar-refractivity contribution < 1.29 is 9.84 Å². The first-order chi connectivity index (χ1) is 14.5. The summed E-state index contributed by atoms with van der Waals surface area (Å²) in [4.78, 5) is 9.04. The molecule has 4 rings (SSSR count). The van der Waals surface area contributed by atoms with Gasteiger partial charge in [0, 0.05) is 6.08 Å². The molecule has 0 radical (unpaired) electrons. The molecule has 0 fully saturated rings. The number of nitriles is 1. The number of aromatic nitrogens is 1. The number of thiazole rings is 1. The van der Waals surface area contributed by atoms with Crippen LogP contribution >= 0.6 is 23.6 Å². The number of nitrogens with zero attached hydrogens (tertiary/aromatic N) is 4. The molecule has 148 valence electrons. The molecule has 0 saturated heterocycles. The summed E-state index contributed by atoms with van der Waals surface area (Å²) < 4.78 is 7.84. The fourth-order valence-corrected chi connectivity index (χ4v) is 4.03. The highest BCUT2D eigenvalue weighted by atomic mass is 32.1. The lowest BCUT2D eigenvalue weighted by Gasteiger charge is -2.04. The zero-order valence-corrected chi connectivity index (χ0v) is 17.6. The first kappa shape index (κ1) is 19.8. The maximum absolute atomic E-state index is 10.6. The van der Waals surface area contributed by atoms with Crippen LogP contribution in [0.1, 0.15) is 16.0 Å².